The van der Waals surface area contributed by atoms with Crippen molar-refractivity contribution in [1.29, 1.82) is 0 Å². The molecule has 1 amide bonds. The van der Waals surface area contributed by atoms with Crippen LogP contribution in [0.4, 0.5) is 17.3 Å². The zero-order valence-corrected chi connectivity index (χ0v) is 9.27. The van der Waals surface area contributed by atoms with E-state index in [9.17, 15) is 4.79 Å². The van der Waals surface area contributed by atoms with Gasteiger partial charge in [0.05, 0.1) is 16.7 Å². The summed E-state index contributed by atoms with van der Waals surface area (Å²) in [6.45, 7) is -2.87. The van der Waals surface area contributed by atoms with Crippen LogP contribution in [-0.2, 0) is 0 Å². The normalized spacial score (nSPS) is 21.1. The summed E-state index contributed by atoms with van der Waals surface area (Å²) in [4.78, 5) is 21.6. The lowest BCUT2D eigenvalue weighted by Gasteiger charge is -2.18. The van der Waals surface area contributed by atoms with Gasteiger partial charge in [0.15, 0.2) is 7.23 Å². The first-order valence-electron chi connectivity index (χ1n) is 8.96. The maximum Gasteiger partial charge on any atom is 0.259 e. The van der Waals surface area contributed by atoms with E-state index in [0.29, 0.717) is 0 Å². The summed E-state index contributed by atoms with van der Waals surface area (Å²) in [6.07, 6.45) is -1.04. The Morgan fingerprint density at radius 3 is 3.11 bits per heavy atom. The fourth-order valence-electron chi connectivity index (χ4n) is 1.69. The van der Waals surface area contributed by atoms with Gasteiger partial charge in [0.1, 0.15) is 5.82 Å². The molecule has 2 aromatic rings. The number of rotatable bonds is 0. The van der Waals surface area contributed by atoms with Crippen molar-refractivity contribution in [3.05, 3.63) is 41.6 Å². The monoisotopic (exact) mass is 248 g/mol. The van der Waals surface area contributed by atoms with Gasteiger partial charge in [0.2, 0.25) is 0 Å². The van der Waals surface area contributed by atoms with Crippen LogP contribution in [0.15, 0.2) is 30.5 Å². The van der Waals surface area contributed by atoms with E-state index >= 15 is 0 Å². The van der Waals surface area contributed by atoms with E-state index in [-0.39, 0.29) is 28.6 Å². The molecule has 0 radical (unpaired) electrons. The first-order chi connectivity index (χ1) is 11.9. The highest BCUT2D eigenvalue weighted by molar-refractivity contribution is 6.11. The van der Waals surface area contributed by atoms with Crippen LogP contribution in [0, 0.1) is 6.85 Å². The van der Waals surface area contributed by atoms with Gasteiger partial charge in [-0.2, -0.15) is 0 Å². The second kappa shape index (κ2) is 3.80. The van der Waals surface area contributed by atoms with Crippen molar-refractivity contribution in [3.8, 4) is 0 Å². The Morgan fingerprint density at radius 2 is 2.28 bits per heavy atom. The molecule has 90 valence electrons. The Bertz CT molecular complexity index is 945. The van der Waals surface area contributed by atoms with E-state index in [2.05, 4.69) is 9.97 Å². The van der Waals surface area contributed by atoms with Crippen molar-refractivity contribution in [2.75, 3.05) is 17.3 Å². The minimum absolute atomic E-state index is 0.0897. The van der Waals surface area contributed by atoms with Gasteiger partial charge in [-0.05, 0) is 30.6 Å². The maximum absolute atomic E-state index is 12.7. The van der Waals surface area contributed by atoms with Gasteiger partial charge in [-0.1, -0.05) is 0 Å². The van der Waals surface area contributed by atoms with Crippen LogP contribution in [-0.4, -0.2) is 22.9 Å². The predicted octanol–water partition coefficient (Wildman–Crippen LogP) is 2.12. The molecular weight excluding hydrogens is 228 g/mol. The number of hydrogen-bond donors (Lipinski definition) is 1. The molecule has 1 aliphatic rings. The average molecular weight is 248 g/mol. The molecule has 2 aromatic heterocycles. The van der Waals surface area contributed by atoms with Gasteiger partial charge in [0, 0.05) is 23.5 Å². The summed E-state index contributed by atoms with van der Waals surface area (Å²) in [5.41, 5.74) is -1.28. The number of carbonyl (C=O) groups is 1. The lowest BCUT2D eigenvalue weighted by molar-refractivity contribution is 0.102. The van der Waals surface area contributed by atoms with Gasteiger partial charge < -0.3 is 10.2 Å². The molecule has 0 atom stereocenters. The second-order valence-electron chi connectivity index (χ2n) is 3.62. The molecule has 1 N–H and O–H groups in total. The number of carbonyl (C=O) groups excluding carboxylic acids is 1. The number of anilines is 3. The molecule has 5 heteroatoms. The molecule has 0 aromatic carbocycles. The van der Waals surface area contributed by atoms with Gasteiger partial charge in [0.25, 0.3) is 5.91 Å². The van der Waals surface area contributed by atoms with Gasteiger partial charge in [-0.3, -0.25) is 4.79 Å². The molecule has 0 fully saturated rings. The quantitative estimate of drug-likeness (QED) is 0.776. The van der Waals surface area contributed by atoms with Crippen LogP contribution in [0.1, 0.15) is 25.5 Å². The van der Waals surface area contributed by atoms with Crippen molar-refractivity contribution in [2.45, 2.75) is 6.85 Å². The van der Waals surface area contributed by atoms with Crippen LogP contribution >= 0.6 is 0 Å². The minimum atomic E-state index is -2.87. The summed E-state index contributed by atoms with van der Waals surface area (Å²) < 4.78 is 62.1. The first-order valence-corrected chi connectivity index (χ1v) is 5.02. The molecule has 5 nitrogen and oxygen atoms in total. The van der Waals surface area contributed by atoms with Crippen LogP contribution in [0.5, 0.6) is 0 Å². The lowest BCUT2D eigenvalue weighted by atomic mass is 10.2. The third-order valence-corrected chi connectivity index (χ3v) is 2.55. The molecule has 0 spiro atoms. The summed E-state index contributed by atoms with van der Waals surface area (Å²) in [5, 5.41) is 0.286. The molecule has 1 aliphatic heterocycles. The number of pyridine rings is 2. The zero-order chi connectivity index (χ0) is 19.5. The third-order valence-electron chi connectivity index (χ3n) is 2.55. The van der Waals surface area contributed by atoms with E-state index in [1.54, 1.807) is 0 Å². The average Bonchev–Trinajstić information content (AvgIpc) is 2.60. The molecular formula is C13H12N4O. The summed E-state index contributed by atoms with van der Waals surface area (Å²) in [6, 6.07) is 0.0227. The molecule has 0 bridgehead atoms. The highest BCUT2D eigenvalue weighted by Gasteiger charge is 2.25. The molecule has 3 rings (SSSR count). The Morgan fingerprint density at radius 1 is 1.44 bits per heavy atom. The van der Waals surface area contributed by atoms with Crippen molar-refractivity contribution < 1.29 is 15.8 Å². The van der Waals surface area contributed by atoms with E-state index in [1.165, 1.54) is 11.9 Å². The van der Waals surface area contributed by atoms with Crippen LogP contribution in [0.2, 0.25) is 1.41 Å². The fourth-order valence-corrected chi connectivity index (χ4v) is 1.69. The predicted molar refractivity (Wildman–Crippen MR) is 69.2 cm³/mol. The highest BCUT2D eigenvalue weighted by Crippen LogP contribution is 2.35. The smallest absolute Gasteiger partial charge is 0.259 e. The molecule has 0 saturated carbocycles. The number of aromatic nitrogens is 2. The fraction of sp³-hybridized carbons (Fsp3) is 0.154. The van der Waals surface area contributed by atoms with E-state index < -0.39 is 42.4 Å². The van der Waals surface area contributed by atoms with E-state index in [4.69, 9.17) is 11.0 Å². The largest absolute Gasteiger partial charge is 0.318 e. The van der Waals surface area contributed by atoms with Crippen LogP contribution in [0.25, 0.3) is 0 Å². The summed E-state index contributed by atoms with van der Waals surface area (Å²) >= 11 is 0. The Hall–Kier alpha value is -2.43. The number of nitrogens with one attached hydrogen (secondary N) is 1. The Kier molecular flexibility index (Phi) is 1.07. The van der Waals surface area contributed by atoms with Crippen LogP contribution < -0.4 is 10.2 Å². The Labute approximate surface area is 116 Å². The number of nitrogens with zero attached hydrogens (tertiary/aromatic N) is 3. The SMILES string of the molecule is [2H]c1cc2c(nc1[2H])N(C)c1nc([2H])c([2H])c(C([2H])([2H])[2H])c1N([2H])C2=O. The lowest BCUT2D eigenvalue weighted by Crippen LogP contribution is -2.14. The molecule has 0 saturated heterocycles. The van der Waals surface area contributed by atoms with Crippen molar-refractivity contribution in [3.63, 3.8) is 0 Å². The van der Waals surface area contributed by atoms with E-state index in [0.717, 1.165) is 6.07 Å². The Balaban J connectivity index is 2.44. The van der Waals surface area contributed by atoms with Crippen molar-refractivity contribution >= 4 is 23.2 Å². The van der Waals surface area contributed by atoms with Gasteiger partial charge in [-0.25, -0.2) is 9.97 Å². The topological polar surface area (TPSA) is 58.1 Å². The molecule has 0 unspecified atom stereocenters. The molecule has 0 aliphatic carbocycles. The highest BCUT2D eigenvalue weighted by atomic mass is 16.1. The number of hydrogen-bond acceptors (Lipinski definition) is 4. The summed E-state index contributed by atoms with van der Waals surface area (Å²) in [7, 11) is 1.39. The molecule has 3 heterocycles. The van der Waals surface area contributed by atoms with Gasteiger partial charge in [-0.15, -0.1) is 0 Å². The second-order valence-corrected chi connectivity index (χ2v) is 3.62. The van der Waals surface area contributed by atoms with E-state index in [1.807, 2.05) is 0 Å². The zero-order valence-electron chi connectivity index (χ0n) is 17.3. The summed E-state index contributed by atoms with van der Waals surface area (Å²) in [5.74, 6) is -1.28. The number of fused-ring (bicyclic) bond motifs is 2. The third kappa shape index (κ3) is 1.44. The van der Waals surface area contributed by atoms with Gasteiger partial charge >= 0.3 is 0 Å². The molecule has 18 heavy (non-hydrogen) atoms. The maximum atomic E-state index is 12.7. The van der Waals surface area contributed by atoms with Crippen LogP contribution in [0.3, 0.4) is 0 Å². The van der Waals surface area contributed by atoms with Crippen molar-refractivity contribution in [2.24, 2.45) is 0 Å². The number of amides is 1. The standard InChI is InChI=1S/C13H12N4O/c1-8-5-7-15-12-10(8)16-13(18)9-4-3-6-14-11(9)17(12)2/h3-7H,1-2H3,(H,16,18)/i1D3,3D,5D,6D,7D/hD. The first kappa shape index (κ1) is 5.06. The minimum Gasteiger partial charge on any atom is -0.318 e. The van der Waals surface area contributed by atoms with Crippen molar-refractivity contribution in [1.82, 2.24) is 9.97 Å².